The van der Waals surface area contributed by atoms with Crippen molar-refractivity contribution in [2.75, 3.05) is 11.9 Å². The van der Waals surface area contributed by atoms with Crippen LogP contribution >= 0.6 is 15.9 Å². The summed E-state index contributed by atoms with van der Waals surface area (Å²) in [5.41, 5.74) is 0. The van der Waals surface area contributed by atoms with Crippen molar-refractivity contribution in [3.63, 3.8) is 0 Å². The lowest BCUT2D eigenvalue weighted by atomic mass is 10.00. The molecule has 1 N–H and O–H groups in total. The fourth-order valence-corrected chi connectivity index (χ4v) is 1.39. The maximum atomic E-state index is 8.67. The van der Waals surface area contributed by atoms with E-state index >= 15 is 0 Å². The Morgan fingerprint density at radius 3 is 2.00 bits per heavy atom. The topological polar surface area (TPSA) is 20.2 Å². The molecule has 0 spiro atoms. The van der Waals surface area contributed by atoms with Gasteiger partial charge < -0.3 is 5.11 Å². The lowest BCUT2D eigenvalue weighted by molar-refractivity contribution is 0.207. The highest BCUT2D eigenvalue weighted by atomic mass is 79.9. The van der Waals surface area contributed by atoms with E-state index in [0.29, 0.717) is 18.4 Å². The summed E-state index contributed by atoms with van der Waals surface area (Å²) < 4.78 is 0. The van der Waals surface area contributed by atoms with Crippen LogP contribution in [0, 0.1) is 11.8 Å². The van der Waals surface area contributed by atoms with Crippen molar-refractivity contribution in [1.29, 1.82) is 0 Å². The first-order valence-electron chi connectivity index (χ1n) is 2.89. The van der Waals surface area contributed by atoms with Gasteiger partial charge in [0, 0.05) is 11.9 Å². The lowest BCUT2D eigenvalue weighted by Crippen LogP contribution is -2.14. The molecule has 0 bridgehead atoms. The Labute approximate surface area is 59.2 Å². The molecule has 2 heteroatoms. The molecular formula is C6H13BrO. The molecule has 0 aromatic rings. The van der Waals surface area contributed by atoms with Gasteiger partial charge in [-0.3, -0.25) is 0 Å². The van der Waals surface area contributed by atoms with Crippen LogP contribution in [0.25, 0.3) is 0 Å². The molecule has 0 amide bonds. The molecule has 0 aromatic carbocycles. The molecule has 0 radical (unpaired) electrons. The number of halogens is 1. The molecule has 0 aromatic heterocycles. The third kappa shape index (κ3) is 2.68. The summed E-state index contributed by atoms with van der Waals surface area (Å²) in [5.74, 6) is 1.01. The smallest absolute Gasteiger partial charge is 0.0469 e. The zero-order valence-electron chi connectivity index (χ0n) is 5.39. The number of aliphatic hydroxyl groups is 1. The van der Waals surface area contributed by atoms with Gasteiger partial charge in [-0.05, 0) is 11.8 Å². The molecule has 0 aliphatic rings. The molecule has 1 nitrogen and oxygen atoms in total. The highest BCUT2D eigenvalue weighted by Crippen LogP contribution is 2.11. The van der Waals surface area contributed by atoms with Crippen molar-refractivity contribution < 1.29 is 5.11 Å². The van der Waals surface area contributed by atoms with Crippen LogP contribution in [-0.2, 0) is 0 Å². The Morgan fingerprint density at radius 2 is 2.00 bits per heavy atom. The van der Waals surface area contributed by atoms with Crippen LogP contribution in [0.4, 0.5) is 0 Å². The van der Waals surface area contributed by atoms with Crippen LogP contribution in [0.5, 0.6) is 0 Å². The summed E-state index contributed by atoms with van der Waals surface area (Å²) in [6, 6.07) is 0. The van der Waals surface area contributed by atoms with Crippen LogP contribution in [0.2, 0.25) is 0 Å². The number of alkyl halides is 1. The predicted molar refractivity (Wildman–Crippen MR) is 39.2 cm³/mol. The highest BCUT2D eigenvalue weighted by Gasteiger charge is 2.08. The Morgan fingerprint density at radius 1 is 1.50 bits per heavy atom. The normalized spacial score (nSPS) is 14.6. The van der Waals surface area contributed by atoms with Gasteiger partial charge in [0.05, 0.1) is 0 Å². The van der Waals surface area contributed by atoms with E-state index < -0.39 is 0 Å². The van der Waals surface area contributed by atoms with Crippen LogP contribution in [0.15, 0.2) is 0 Å². The fraction of sp³-hybridized carbons (Fsp3) is 1.00. The minimum Gasteiger partial charge on any atom is -0.396 e. The Kier molecular flexibility index (Phi) is 4.57. The summed E-state index contributed by atoms with van der Waals surface area (Å²) in [5, 5.41) is 9.57. The van der Waals surface area contributed by atoms with Crippen molar-refractivity contribution in [2.24, 2.45) is 11.8 Å². The molecule has 0 aliphatic carbocycles. The largest absolute Gasteiger partial charge is 0.396 e. The molecule has 0 saturated carbocycles. The Balaban J connectivity index is 3.35. The van der Waals surface area contributed by atoms with Crippen molar-refractivity contribution in [1.82, 2.24) is 0 Å². The molecular weight excluding hydrogens is 168 g/mol. The second-order valence-electron chi connectivity index (χ2n) is 2.34. The van der Waals surface area contributed by atoms with Gasteiger partial charge in [0.2, 0.25) is 0 Å². The van der Waals surface area contributed by atoms with Gasteiger partial charge in [-0.15, -0.1) is 0 Å². The first-order valence-corrected chi connectivity index (χ1v) is 4.01. The second-order valence-corrected chi connectivity index (χ2v) is 2.99. The average molecular weight is 181 g/mol. The van der Waals surface area contributed by atoms with E-state index in [9.17, 15) is 0 Å². The van der Waals surface area contributed by atoms with E-state index in [1.165, 1.54) is 0 Å². The standard InChI is InChI=1S/C6H13BrO/c1-5(2)6(3-7)4-8/h5-6,8H,3-4H2,1-2H3/t6-/m0/s1. The van der Waals surface area contributed by atoms with Crippen LogP contribution in [0.1, 0.15) is 13.8 Å². The van der Waals surface area contributed by atoms with Crippen molar-refractivity contribution >= 4 is 15.9 Å². The molecule has 50 valence electrons. The number of aliphatic hydroxyl groups excluding tert-OH is 1. The Bertz CT molecular complexity index is 50.5. The average Bonchev–Trinajstić information content (AvgIpc) is 1.69. The van der Waals surface area contributed by atoms with Gasteiger partial charge >= 0.3 is 0 Å². The first kappa shape index (κ1) is 8.44. The van der Waals surface area contributed by atoms with Crippen LogP contribution < -0.4 is 0 Å². The molecule has 0 rings (SSSR count). The van der Waals surface area contributed by atoms with E-state index in [4.69, 9.17) is 5.11 Å². The SMILES string of the molecule is CC(C)[C@H](CO)CBr. The van der Waals surface area contributed by atoms with E-state index in [0.717, 1.165) is 5.33 Å². The van der Waals surface area contributed by atoms with Crippen molar-refractivity contribution in [3.8, 4) is 0 Å². The fourth-order valence-electron chi connectivity index (χ4n) is 0.438. The van der Waals surface area contributed by atoms with E-state index in [1.807, 2.05) is 0 Å². The van der Waals surface area contributed by atoms with Gasteiger partial charge in [-0.1, -0.05) is 29.8 Å². The van der Waals surface area contributed by atoms with Crippen LogP contribution in [0.3, 0.4) is 0 Å². The van der Waals surface area contributed by atoms with E-state index in [-0.39, 0.29) is 0 Å². The van der Waals surface area contributed by atoms with E-state index in [1.54, 1.807) is 0 Å². The Hall–Kier alpha value is 0.440. The van der Waals surface area contributed by atoms with Gasteiger partial charge in [0.1, 0.15) is 0 Å². The quantitative estimate of drug-likeness (QED) is 0.656. The molecule has 0 unspecified atom stereocenters. The number of rotatable bonds is 3. The summed E-state index contributed by atoms with van der Waals surface area (Å²) in [6.07, 6.45) is 0. The van der Waals surface area contributed by atoms with Gasteiger partial charge in [0.25, 0.3) is 0 Å². The minimum atomic E-state index is 0.295. The zero-order chi connectivity index (χ0) is 6.57. The first-order chi connectivity index (χ1) is 3.72. The molecule has 0 aliphatic heterocycles. The third-order valence-corrected chi connectivity index (χ3v) is 2.21. The second kappa shape index (κ2) is 4.33. The van der Waals surface area contributed by atoms with Crippen molar-refractivity contribution in [3.05, 3.63) is 0 Å². The van der Waals surface area contributed by atoms with E-state index in [2.05, 4.69) is 29.8 Å². The zero-order valence-corrected chi connectivity index (χ0v) is 6.98. The summed E-state index contributed by atoms with van der Waals surface area (Å²) in [7, 11) is 0. The summed E-state index contributed by atoms with van der Waals surface area (Å²) >= 11 is 3.32. The molecule has 0 fully saturated rings. The predicted octanol–water partition coefficient (Wildman–Crippen LogP) is 1.65. The van der Waals surface area contributed by atoms with Gasteiger partial charge in [-0.2, -0.15) is 0 Å². The summed E-state index contributed by atoms with van der Waals surface area (Å²) in [6.45, 7) is 4.52. The molecule has 0 heterocycles. The van der Waals surface area contributed by atoms with Crippen molar-refractivity contribution in [2.45, 2.75) is 13.8 Å². The highest BCUT2D eigenvalue weighted by molar-refractivity contribution is 9.09. The minimum absolute atomic E-state index is 0.295. The maximum absolute atomic E-state index is 8.67. The number of hydrogen-bond donors (Lipinski definition) is 1. The summed E-state index contributed by atoms with van der Waals surface area (Å²) in [4.78, 5) is 0. The molecule has 1 atom stereocenters. The maximum Gasteiger partial charge on any atom is 0.0469 e. The molecule has 0 saturated heterocycles. The van der Waals surface area contributed by atoms with Gasteiger partial charge in [0.15, 0.2) is 0 Å². The van der Waals surface area contributed by atoms with Crippen LogP contribution in [-0.4, -0.2) is 17.0 Å². The lowest BCUT2D eigenvalue weighted by Gasteiger charge is -2.13. The third-order valence-electron chi connectivity index (χ3n) is 1.38. The van der Waals surface area contributed by atoms with Gasteiger partial charge in [-0.25, -0.2) is 0 Å². The monoisotopic (exact) mass is 180 g/mol. The molecule has 8 heavy (non-hydrogen) atoms. The number of hydrogen-bond acceptors (Lipinski definition) is 1.